The molecule has 0 atom stereocenters. The highest BCUT2D eigenvalue weighted by atomic mass is 19.1. The predicted octanol–water partition coefficient (Wildman–Crippen LogP) is 2.24. The van der Waals surface area contributed by atoms with Crippen LogP contribution < -0.4 is 5.32 Å². The zero-order chi connectivity index (χ0) is 12.7. The lowest BCUT2D eigenvalue weighted by Crippen LogP contribution is -2.28. The van der Waals surface area contributed by atoms with Gasteiger partial charge in [-0.15, -0.1) is 0 Å². The summed E-state index contributed by atoms with van der Waals surface area (Å²) in [5.74, 6) is 0.0580. The van der Waals surface area contributed by atoms with E-state index in [1.807, 2.05) is 4.57 Å². The maximum Gasteiger partial charge on any atom is 0.133 e. The molecule has 0 unspecified atom stereocenters. The number of aryl methyl sites for hydroxylation is 1. The Hall–Kier alpha value is -1.75. The largest absolute Gasteiger partial charge is 0.326 e. The molecular weight excluding hydrogens is 236 g/mol. The second kappa shape index (κ2) is 4.17. The molecule has 0 amide bonds. The number of imidazole rings is 1. The highest BCUT2D eigenvalue weighted by Gasteiger charge is 2.18. The van der Waals surface area contributed by atoms with E-state index in [2.05, 4.69) is 10.3 Å². The van der Waals surface area contributed by atoms with Crippen LogP contribution in [0.25, 0.3) is 11.3 Å². The Balaban J connectivity index is 2.15. The first-order valence-corrected chi connectivity index (χ1v) is 5.88. The van der Waals surface area contributed by atoms with Crippen LogP contribution in [0, 0.1) is 18.6 Å². The monoisotopic (exact) mass is 249 g/mol. The normalized spacial score (nSPS) is 14.6. The van der Waals surface area contributed by atoms with Gasteiger partial charge in [0.05, 0.1) is 18.4 Å². The summed E-state index contributed by atoms with van der Waals surface area (Å²) < 4.78 is 29.4. The summed E-state index contributed by atoms with van der Waals surface area (Å²) in [5, 5.41) is 3.19. The van der Waals surface area contributed by atoms with Crippen molar-refractivity contribution in [3.63, 3.8) is 0 Å². The van der Waals surface area contributed by atoms with Gasteiger partial charge >= 0.3 is 0 Å². The number of nitrogens with zero attached hydrogens (tertiary/aromatic N) is 2. The summed E-state index contributed by atoms with van der Waals surface area (Å²) >= 11 is 0. The zero-order valence-electron chi connectivity index (χ0n) is 10.0. The summed E-state index contributed by atoms with van der Waals surface area (Å²) in [6.45, 7) is 3.75. The van der Waals surface area contributed by atoms with Crippen LogP contribution >= 0.6 is 0 Å². The van der Waals surface area contributed by atoms with Crippen molar-refractivity contribution in [2.75, 3.05) is 6.54 Å². The van der Waals surface area contributed by atoms with E-state index in [0.29, 0.717) is 17.8 Å². The molecule has 3 nitrogen and oxygen atoms in total. The molecule has 3 rings (SSSR count). The first kappa shape index (κ1) is 11.3. The van der Waals surface area contributed by atoms with E-state index in [4.69, 9.17) is 0 Å². The van der Waals surface area contributed by atoms with Gasteiger partial charge in [0.1, 0.15) is 17.5 Å². The molecule has 1 aromatic heterocycles. The molecule has 0 aliphatic carbocycles. The summed E-state index contributed by atoms with van der Waals surface area (Å²) in [5.41, 5.74) is 1.23. The van der Waals surface area contributed by atoms with Crippen LogP contribution in [0.1, 0.15) is 11.4 Å². The predicted molar refractivity (Wildman–Crippen MR) is 64.0 cm³/mol. The number of nitrogens with one attached hydrogen (secondary N) is 1. The van der Waals surface area contributed by atoms with Gasteiger partial charge in [-0.25, -0.2) is 13.8 Å². The van der Waals surface area contributed by atoms with Crippen LogP contribution in [0.5, 0.6) is 0 Å². The van der Waals surface area contributed by atoms with Gasteiger partial charge in [0.15, 0.2) is 0 Å². The van der Waals surface area contributed by atoms with E-state index < -0.39 is 11.6 Å². The summed E-state index contributed by atoms with van der Waals surface area (Å²) in [7, 11) is 0. The molecular formula is C13H13F2N3. The average Bonchev–Trinajstić information content (AvgIpc) is 2.78. The maximum absolute atomic E-state index is 13.9. The van der Waals surface area contributed by atoms with Crippen molar-refractivity contribution in [1.82, 2.24) is 14.9 Å². The van der Waals surface area contributed by atoms with Gasteiger partial charge in [-0.1, -0.05) is 0 Å². The molecule has 0 fully saturated rings. The Morgan fingerprint density at radius 1 is 1.28 bits per heavy atom. The third kappa shape index (κ3) is 1.71. The summed E-state index contributed by atoms with van der Waals surface area (Å²) in [6.07, 6.45) is 1.61. The highest BCUT2D eigenvalue weighted by Crippen LogP contribution is 2.27. The van der Waals surface area contributed by atoms with Crippen LogP contribution in [0.15, 0.2) is 18.3 Å². The average molecular weight is 249 g/mol. The number of aromatic nitrogens is 2. The van der Waals surface area contributed by atoms with Gasteiger partial charge in [-0.05, 0) is 24.6 Å². The molecule has 2 heterocycles. The van der Waals surface area contributed by atoms with Gasteiger partial charge in [0.25, 0.3) is 0 Å². The van der Waals surface area contributed by atoms with Crippen LogP contribution in [0.2, 0.25) is 0 Å². The molecule has 1 aliphatic heterocycles. The second-order valence-corrected chi connectivity index (χ2v) is 4.47. The van der Waals surface area contributed by atoms with Crippen molar-refractivity contribution in [3.8, 4) is 11.3 Å². The molecule has 1 aromatic carbocycles. The third-order valence-electron chi connectivity index (χ3n) is 3.26. The van der Waals surface area contributed by atoms with Gasteiger partial charge in [0, 0.05) is 18.7 Å². The fourth-order valence-electron chi connectivity index (χ4n) is 2.25. The third-order valence-corrected chi connectivity index (χ3v) is 3.26. The molecule has 94 valence electrons. The fraction of sp³-hybridized carbons (Fsp3) is 0.308. The number of hydrogen-bond acceptors (Lipinski definition) is 2. The summed E-state index contributed by atoms with van der Waals surface area (Å²) in [4.78, 5) is 4.24. The van der Waals surface area contributed by atoms with Crippen LogP contribution in [-0.2, 0) is 13.1 Å². The zero-order valence-corrected chi connectivity index (χ0v) is 10.0. The molecule has 2 aromatic rings. The SMILES string of the molecule is Cc1cc(F)c(-c2cnc3n2CCNC3)cc1F. The first-order valence-electron chi connectivity index (χ1n) is 5.88. The van der Waals surface area contributed by atoms with Crippen molar-refractivity contribution < 1.29 is 8.78 Å². The minimum absolute atomic E-state index is 0.277. The van der Waals surface area contributed by atoms with Gasteiger partial charge in [-0.3, -0.25) is 0 Å². The summed E-state index contributed by atoms with van der Waals surface area (Å²) in [6, 6.07) is 2.47. The number of benzene rings is 1. The number of halogens is 2. The Labute approximate surface area is 103 Å². The Morgan fingerprint density at radius 3 is 2.94 bits per heavy atom. The lowest BCUT2D eigenvalue weighted by atomic mass is 10.1. The van der Waals surface area contributed by atoms with E-state index in [0.717, 1.165) is 18.9 Å². The molecule has 1 N–H and O–H groups in total. The minimum Gasteiger partial charge on any atom is -0.326 e. The smallest absolute Gasteiger partial charge is 0.133 e. The standard InChI is InChI=1S/C13H13F2N3/c1-8-4-11(15)9(5-10(8)14)12-6-17-13-7-16-2-3-18(12)13/h4-6,16H,2-3,7H2,1H3. The van der Waals surface area contributed by atoms with E-state index in [9.17, 15) is 8.78 Å². The number of rotatable bonds is 1. The minimum atomic E-state index is -0.407. The van der Waals surface area contributed by atoms with Crippen molar-refractivity contribution >= 4 is 0 Å². The van der Waals surface area contributed by atoms with Gasteiger partial charge in [0.2, 0.25) is 0 Å². The van der Waals surface area contributed by atoms with Gasteiger partial charge in [-0.2, -0.15) is 0 Å². The fourth-order valence-corrected chi connectivity index (χ4v) is 2.25. The molecule has 0 saturated carbocycles. The van der Waals surface area contributed by atoms with Crippen molar-refractivity contribution in [2.24, 2.45) is 0 Å². The van der Waals surface area contributed by atoms with Crippen LogP contribution in [0.3, 0.4) is 0 Å². The van der Waals surface area contributed by atoms with E-state index in [-0.39, 0.29) is 5.56 Å². The Bertz CT molecular complexity index is 605. The Kier molecular flexibility index (Phi) is 2.63. The molecule has 0 radical (unpaired) electrons. The molecule has 18 heavy (non-hydrogen) atoms. The molecule has 1 aliphatic rings. The highest BCUT2D eigenvalue weighted by molar-refractivity contribution is 5.61. The second-order valence-electron chi connectivity index (χ2n) is 4.47. The van der Waals surface area contributed by atoms with Crippen molar-refractivity contribution in [3.05, 3.63) is 41.4 Å². The van der Waals surface area contributed by atoms with E-state index in [1.165, 1.54) is 12.1 Å². The van der Waals surface area contributed by atoms with Gasteiger partial charge < -0.3 is 9.88 Å². The molecule has 0 spiro atoms. The Morgan fingerprint density at radius 2 is 2.11 bits per heavy atom. The topological polar surface area (TPSA) is 29.9 Å². The van der Waals surface area contributed by atoms with Crippen molar-refractivity contribution in [2.45, 2.75) is 20.0 Å². The molecule has 0 bridgehead atoms. The maximum atomic E-state index is 13.9. The molecule has 0 saturated heterocycles. The lowest BCUT2D eigenvalue weighted by Gasteiger charge is -2.18. The number of fused-ring (bicyclic) bond motifs is 1. The van der Waals surface area contributed by atoms with E-state index >= 15 is 0 Å². The molecule has 5 heteroatoms. The number of hydrogen-bond donors (Lipinski definition) is 1. The van der Waals surface area contributed by atoms with Crippen LogP contribution in [-0.4, -0.2) is 16.1 Å². The van der Waals surface area contributed by atoms with E-state index in [1.54, 1.807) is 13.1 Å². The quantitative estimate of drug-likeness (QED) is 0.840. The first-order chi connectivity index (χ1) is 8.66. The lowest BCUT2D eigenvalue weighted by molar-refractivity contribution is 0.507. The van der Waals surface area contributed by atoms with Crippen molar-refractivity contribution in [1.29, 1.82) is 0 Å². The van der Waals surface area contributed by atoms with Crippen LogP contribution in [0.4, 0.5) is 8.78 Å².